The average Bonchev–Trinajstić information content (AvgIpc) is 3.12. The molecule has 1 fully saturated rings. The summed E-state index contributed by atoms with van der Waals surface area (Å²) in [6, 6.07) is 3.27. The van der Waals surface area contributed by atoms with Crippen LogP contribution in [0, 0.1) is 0 Å². The molecule has 112 valence electrons. The van der Waals surface area contributed by atoms with Crippen LogP contribution in [-0.4, -0.2) is 43.4 Å². The number of nitrogens with one attached hydrogen (secondary N) is 1. The fourth-order valence-corrected chi connectivity index (χ4v) is 2.48. The van der Waals surface area contributed by atoms with Crippen molar-refractivity contribution in [1.29, 1.82) is 0 Å². The summed E-state index contributed by atoms with van der Waals surface area (Å²) in [5.74, 6) is 0.610. The van der Waals surface area contributed by atoms with Crippen LogP contribution in [0.2, 0.25) is 0 Å². The smallest absolute Gasteiger partial charge is 0.243 e. The number of hydrogen-bond acceptors (Lipinski definition) is 6. The predicted molar refractivity (Wildman–Crippen MR) is 71.9 cm³/mol. The number of aliphatic hydroxyl groups excluding tert-OH is 1. The first-order valence-electron chi connectivity index (χ1n) is 7.01. The molecular formula is C13H17N5O3. The van der Waals surface area contributed by atoms with E-state index in [1.807, 2.05) is 0 Å². The Bertz CT molecular complexity index is 595. The van der Waals surface area contributed by atoms with Crippen LogP contribution in [0.5, 0.6) is 0 Å². The minimum atomic E-state index is -0.468. The van der Waals surface area contributed by atoms with Crippen molar-refractivity contribution in [2.75, 3.05) is 0 Å². The average molecular weight is 291 g/mol. The molecule has 1 aliphatic rings. The van der Waals surface area contributed by atoms with Crippen LogP contribution in [0.15, 0.2) is 22.8 Å². The van der Waals surface area contributed by atoms with Crippen molar-refractivity contribution < 1.29 is 14.3 Å². The van der Waals surface area contributed by atoms with E-state index >= 15 is 0 Å². The highest BCUT2D eigenvalue weighted by atomic mass is 16.3. The first kappa shape index (κ1) is 13.7. The largest absolute Gasteiger partial charge is 0.461 e. The van der Waals surface area contributed by atoms with Crippen molar-refractivity contribution in [3.63, 3.8) is 0 Å². The summed E-state index contributed by atoms with van der Waals surface area (Å²) in [5.41, 5.74) is 0. The lowest BCUT2D eigenvalue weighted by Gasteiger charge is -2.28. The first-order chi connectivity index (χ1) is 10.2. The van der Waals surface area contributed by atoms with Crippen molar-refractivity contribution >= 4 is 5.91 Å². The van der Waals surface area contributed by atoms with Crippen molar-refractivity contribution in [3.05, 3.63) is 18.4 Å². The van der Waals surface area contributed by atoms with E-state index in [1.54, 1.807) is 12.1 Å². The molecule has 8 heteroatoms. The molecule has 0 bridgehead atoms. The van der Waals surface area contributed by atoms with Gasteiger partial charge in [-0.15, -0.1) is 10.2 Å². The molecule has 0 unspecified atom stereocenters. The van der Waals surface area contributed by atoms with Crippen molar-refractivity contribution in [2.24, 2.45) is 0 Å². The monoisotopic (exact) mass is 291 g/mol. The van der Waals surface area contributed by atoms with Gasteiger partial charge in [-0.25, -0.2) is 0 Å². The lowest BCUT2D eigenvalue weighted by atomic mass is 9.92. The Morgan fingerprint density at radius 2 is 2.33 bits per heavy atom. The summed E-state index contributed by atoms with van der Waals surface area (Å²) in [7, 11) is 0. The van der Waals surface area contributed by atoms with Gasteiger partial charge in [0.2, 0.25) is 11.7 Å². The fraction of sp³-hybridized carbons (Fsp3) is 0.538. The maximum atomic E-state index is 11.9. The fourth-order valence-electron chi connectivity index (χ4n) is 2.48. The quantitative estimate of drug-likeness (QED) is 0.842. The Kier molecular flexibility index (Phi) is 3.96. The van der Waals surface area contributed by atoms with E-state index in [2.05, 4.69) is 20.7 Å². The summed E-state index contributed by atoms with van der Waals surface area (Å²) in [4.78, 5) is 13.2. The zero-order valence-electron chi connectivity index (χ0n) is 11.5. The number of carbonyl (C=O) groups is 1. The SMILES string of the molecule is O=C(Cn1nnc(-c2ccco2)n1)N[C@@H]1CCCC[C@H]1O. The van der Waals surface area contributed by atoms with Gasteiger partial charge in [0.15, 0.2) is 5.76 Å². The van der Waals surface area contributed by atoms with Gasteiger partial charge in [-0.3, -0.25) is 4.79 Å². The van der Waals surface area contributed by atoms with E-state index in [-0.39, 0.29) is 18.5 Å². The van der Waals surface area contributed by atoms with Crippen LogP contribution in [0.3, 0.4) is 0 Å². The summed E-state index contributed by atoms with van der Waals surface area (Å²) < 4.78 is 5.16. The molecule has 2 heterocycles. The van der Waals surface area contributed by atoms with Crippen LogP contribution < -0.4 is 5.32 Å². The van der Waals surface area contributed by atoms with Gasteiger partial charge < -0.3 is 14.8 Å². The van der Waals surface area contributed by atoms with Crippen LogP contribution in [0.4, 0.5) is 0 Å². The number of amides is 1. The summed E-state index contributed by atoms with van der Waals surface area (Å²) in [6.07, 6.45) is 4.61. The molecule has 1 saturated carbocycles. The van der Waals surface area contributed by atoms with E-state index < -0.39 is 6.10 Å². The second-order valence-electron chi connectivity index (χ2n) is 5.15. The highest BCUT2D eigenvalue weighted by Gasteiger charge is 2.24. The molecule has 2 atom stereocenters. The van der Waals surface area contributed by atoms with Gasteiger partial charge in [0.05, 0.1) is 18.4 Å². The second-order valence-corrected chi connectivity index (χ2v) is 5.15. The summed E-state index contributed by atoms with van der Waals surface area (Å²) in [6.45, 7) is -0.0308. The molecule has 3 rings (SSSR count). The number of furan rings is 1. The molecule has 0 spiro atoms. The number of carbonyl (C=O) groups excluding carboxylic acids is 1. The number of hydrogen-bond donors (Lipinski definition) is 2. The molecule has 0 saturated heterocycles. The number of aliphatic hydroxyl groups is 1. The zero-order chi connectivity index (χ0) is 14.7. The number of tetrazole rings is 1. The maximum Gasteiger partial charge on any atom is 0.243 e. The molecule has 1 aliphatic carbocycles. The van der Waals surface area contributed by atoms with Gasteiger partial charge in [-0.2, -0.15) is 4.80 Å². The lowest BCUT2D eigenvalue weighted by molar-refractivity contribution is -0.124. The third kappa shape index (κ3) is 3.27. The van der Waals surface area contributed by atoms with Crippen LogP contribution in [0.1, 0.15) is 25.7 Å². The molecule has 0 radical (unpaired) electrons. The van der Waals surface area contributed by atoms with Crippen LogP contribution >= 0.6 is 0 Å². The molecule has 2 aromatic heterocycles. The molecule has 2 N–H and O–H groups in total. The molecule has 2 aromatic rings. The Labute approximate surface area is 121 Å². The molecular weight excluding hydrogens is 274 g/mol. The van der Waals surface area contributed by atoms with Crippen LogP contribution in [-0.2, 0) is 11.3 Å². The highest BCUT2D eigenvalue weighted by Crippen LogP contribution is 2.18. The molecule has 0 aliphatic heterocycles. The molecule has 8 nitrogen and oxygen atoms in total. The van der Waals surface area contributed by atoms with Gasteiger partial charge in [-0.05, 0) is 30.2 Å². The van der Waals surface area contributed by atoms with Gasteiger partial charge in [0, 0.05) is 0 Å². The Hall–Kier alpha value is -2.22. The van der Waals surface area contributed by atoms with Gasteiger partial charge in [0.25, 0.3) is 0 Å². The second kappa shape index (κ2) is 6.04. The lowest BCUT2D eigenvalue weighted by Crippen LogP contribution is -2.46. The number of aromatic nitrogens is 4. The van der Waals surface area contributed by atoms with Crippen molar-refractivity contribution in [2.45, 2.75) is 44.4 Å². The third-order valence-electron chi connectivity index (χ3n) is 3.56. The van der Waals surface area contributed by atoms with E-state index in [0.29, 0.717) is 11.6 Å². The minimum Gasteiger partial charge on any atom is -0.461 e. The standard InChI is InChI=1S/C13H17N5O3/c19-10-5-2-1-4-9(10)14-12(20)8-18-16-13(15-17-18)11-6-3-7-21-11/h3,6-7,9-10,19H,1-2,4-5,8H2,(H,14,20)/t9-,10-/m1/s1. The predicted octanol–water partition coefficient (Wildman–Crippen LogP) is 0.353. The van der Waals surface area contributed by atoms with Gasteiger partial charge >= 0.3 is 0 Å². The third-order valence-corrected chi connectivity index (χ3v) is 3.56. The van der Waals surface area contributed by atoms with Gasteiger partial charge in [-0.1, -0.05) is 12.8 Å². The highest BCUT2D eigenvalue weighted by molar-refractivity contribution is 5.75. The summed E-state index contributed by atoms with van der Waals surface area (Å²) >= 11 is 0. The Morgan fingerprint density at radius 3 is 3.10 bits per heavy atom. The molecule has 21 heavy (non-hydrogen) atoms. The normalized spacial score (nSPS) is 22.1. The van der Waals surface area contributed by atoms with Gasteiger partial charge in [0.1, 0.15) is 6.54 Å². The maximum absolute atomic E-state index is 11.9. The Balaban J connectivity index is 1.57. The van der Waals surface area contributed by atoms with Crippen molar-refractivity contribution in [3.8, 4) is 11.6 Å². The first-order valence-corrected chi connectivity index (χ1v) is 7.01. The van der Waals surface area contributed by atoms with E-state index in [4.69, 9.17) is 4.42 Å². The molecule has 0 aromatic carbocycles. The van der Waals surface area contributed by atoms with E-state index in [1.165, 1.54) is 11.1 Å². The van der Waals surface area contributed by atoms with Crippen LogP contribution in [0.25, 0.3) is 11.6 Å². The Morgan fingerprint density at radius 1 is 1.48 bits per heavy atom. The van der Waals surface area contributed by atoms with E-state index in [0.717, 1.165) is 25.7 Å². The number of nitrogens with zero attached hydrogens (tertiary/aromatic N) is 4. The van der Waals surface area contributed by atoms with Crippen molar-refractivity contribution in [1.82, 2.24) is 25.5 Å². The topological polar surface area (TPSA) is 106 Å². The summed E-state index contributed by atoms with van der Waals surface area (Å²) in [5, 5.41) is 24.4. The number of rotatable bonds is 4. The minimum absolute atomic E-state index is 0.0308. The zero-order valence-corrected chi connectivity index (χ0v) is 11.5. The van der Waals surface area contributed by atoms with E-state index in [9.17, 15) is 9.90 Å². The molecule has 1 amide bonds.